The molecule has 34 heavy (non-hydrogen) atoms. The Hall–Kier alpha value is -3.00. The lowest BCUT2D eigenvalue weighted by atomic mass is 10.4. The number of rotatable bonds is 13. The van der Waals surface area contributed by atoms with Gasteiger partial charge in [0.15, 0.2) is 11.5 Å². The molecule has 0 aliphatic heterocycles. The summed E-state index contributed by atoms with van der Waals surface area (Å²) in [6.07, 6.45) is -0.703. The Morgan fingerprint density at radius 1 is 1.06 bits per heavy atom. The zero-order chi connectivity index (χ0) is 25.1. The number of nitrogens with zero attached hydrogens (tertiary/aromatic N) is 4. The van der Waals surface area contributed by atoms with Crippen molar-refractivity contribution in [2.75, 3.05) is 32.3 Å². The van der Waals surface area contributed by atoms with Crippen LogP contribution in [0.4, 0.5) is 15.4 Å². The van der Waals surface area contributed by atoms with Crippen LogP contribution in [-0.4, -0.2) is 70.6 Å². The van der Waals surface area contributed by atoms with Gasteiger partial charge in [-0.2, -0.15) is 0 Å². The molecule has 0 aliphatic rings. The van der Waals surface area contributed by atoms with E-state index in [1.54, 1.807) is 32.3 Å². The topological polar surface area (TPSA) is 185 Å². The first-order valence-electron chi connectivity index (χ1n) is 10.2. The van der Waals surface area contributed by atoms with E-state index in [1.807, 2.05) is 0 Å². The number of fused-ring (bicyclic) bond motifs is 1. The lowest BCUT2D eigenvalue weighted by molar-refractivity contribution is -0.0330. The minimum atomic E-state index is -4.04. The number of ether oxygens (including phenoxy) is 5. The van der Waals surface area contributed by atoms with Crippen molar-refractivity contribution in [3.8, 4) is 0 Å². The van der Waals surface area contributed by atoms with Gasteiger partial charge in [-0.1, -0.05) is 0 Å². The summed E-state index contributed by atoms with van der Waals surface area (Å²) in [5.41, 5.74) is 6.72. The third-order valence-electron chi connectivity index (χ3n) is 3.85. The van der Waals surface area contributed by atoms with Crippen LogP contribution in [0.25, 0.3) is 11.2 Å². The van der Waals surface area contributed by atoms with E-state index in [0.717, 1.165) is 0 Å². The van der Waals surface area contributed by atoms with E-state index in [4.69, 9.17) is 29.0 Å². The fourth-order valence-corrected chi connectivity index (χ4v) is 3.48. The van der Waals surface area contributed by atoms with Crippen molar-refractivity contribution in [1.82, 2.24) is 19.5 Å². The van der Waals surface area contributed by atoms with Gasteiger partial charge in [-0.3, -0.25) is 13.6 Å². The van der Waals surface area contributed by atoms with Gasteiger partial charge in [0.2, 0.25) is 13.6 Å². The zero-order valence-corrected chi connectivity index (χ0v) is 20.1. The van der Waals surface area contributed by atoms with Crippen molar-refractivity contribution in [3.63, 3.8) is 0 Å². The highest BCUT2D eigenvalue weighted by molar-refractivity contribution is 7.53. The van der Waals surface area contributed by atoms with Gasteiger partial charge in [0.1, 0.15) is 18.2 Å². The maximum Gasteiger partial charge on any atom is 0.510 e. The van der Waals surface area contributed by atoms with Crippen molar-refractivity contribution in [2.24, 2.45) is 0 Å². The number of imidazole rings is 1. The Bertz CT molecular complexity index is 1000. The lowest BCUT2D eigenvalue weighted by Gasteiger charge is -2.21. The number of nitrogen functional groups attached to an aromatic ring is 1. The number of nitrogens with two attached hydrogens (primary N) is 1. The predicted octanol–water partition coefficient (Wildman–Crippen LogP) is 2.65. The van der Waals surface area contributed by atoms with E-state index in [-0.39, 0.29) is 19.0 Å². The SMILES string of the molecule is CCOC(=O)OCOP(=O)(COC(C)Cn1cnc2c(N)ncnc21)OCOC(=O)OC(C)C. The largest absolute Gasteiger partial charge is 0.510 e. The number of hydrogen-bond acceptors (Lipinski definition) is 14. The maximum absolute atomic E-state index is 13.0. The molecule has 0 saturated heterocycles. The van der Waals surface area contributed by atoms with E-state index < -0.39 is 52.0 Å². The molecule has 190 valence electrons. The van der Waals surface area contributed by atoms with Crippen molar-refractivity contribution in [1.29, 1.82) is 0 Å². The van der Waals surface area contributed by atoms with E-state index in [0.29, 0.717) is 11.2 Å². The van der Waals surface area contributed by atoms with Gasteiger partial charge in [0.05, 0.1) is 31.7 Å². The summed E-state index contributed by atoms with van der Waals surface area (Å²) >= 11 is 0. The van der Waals surface area contributed by atoms with Crippen molar-refractivity contribution in [3.05, 3.63) is 12.7 Å². The molecule has 0 fully saturated rings. The summed E-state index contributed by atoms with van der Waals surface area (Å²) in [6.45, 7) is 5.40. The quantitative estimate of drug-likeness (QED) is 0.238. The summed E-state index contributed by atoms with van der Waals surface area (Å²) in [6, 6.07) is 0. The van der Waals surface area contributed by atoms with E-state index in [2.05, 4.69) is 24.4 Å². The minimum Gasteiger partial charge on any atom is -0.435 e. The first-order valence-corrected chi connectivity index (χ1v) is 11.9. The maximum atomic E-state index is 13.0. The molecule has 0 aromatic carbocycles. The average molecular weight is 505 g/mol. The van der Waals surface area contributed by atoms with Crippen molar-refractivity contribution in [2.45, 2.75) is 46.4 Å². The molecule has 16 heteroatoms. The van der Waals surface area contributed by atoms with Gasteiger partial charge in [0, 0.05) is 0 Å². The van der Waals surface area contributed by atoms with Gasteiger partial charge in [-0.15, -0.1) is 0 Å². The summed E-state index contributed by atoms with van der Waals surface area (Å²) in [7, 11) is -4.04. The molecule has 15 nitrogen and oxygen atoms in total. The van der Waals surface area contributed by atoms with Crippen LogP contribution in [0.1, 0.15) is 27.7 Å². The molecule has 2 heterocycles. The average Bonchev–Trinajstić information content (AvgIpc) is 3.16. The van der Waals surface area contributed by atoms with Crippen LogP contribution in [0.2, 0.25) is 0 Å². The molecule has 2 unspecified atom stereocenters. The summed E-state index contributed by atoms with van der Waals surface area (Å²) in [5.74, 6) is 0.237. The molecule has 0 saturated carbocycles. The molecular formula is C18H28N5O10P. The highest BCUT2D eigenvalue weighted by Gasteiger charge is 2.28. The second kappa shape index (κ2) is 13.0. The van der Waals surface area contributed by atoms with Crippen molar-refractivity contribution >= 4 is 36.9 Å². The number of aromatic nitrogens is 4. The fraction of sp³-hybridized carbons (Fsp3) is 0.611. The van der Waals surface area contributed by atoms with Crippen LogP contribution < -0.4 is 5.73 Å². The van der Waals surface area contributed by atoms with E-state index >= 15 is 0 Å². The van der Waals surface area contributed by atoms with Crippen molar-refractivity contribution < 1.29 is 46.9 Å². The third kappa shape index (κ3) is 8.74. The van der Waals surface area contributed by atoms with E-state index in [9.17, 15) is 14.2 Å². The van der Waals surface area contributed by atoms with Crippen LogP contribution in [0.5, 0.6) is 0 Å². The number of carbonyl (C=O) groups is 2. The summed E-state index contributed by atoms with van der Waals surface area (Å²) in [4.78, 5) is 35.0. The highest BCUT2D eigenvalue weighted by Crippen LogP contribution is 2.48. The molecule has 2 aromatic rings. The van der Waals surface area contributed by atoms with Crippen LogP contribution in [0.15, 0.2) is 12.7 Å². The molecule has 0 spiro atoms. The molecule has 2 aromatic heterocycles. The standard InChI is InChI=1S/C18H28N5O10P/c1-5-27-17(24)28-9-31-34(26,32-10-29-18(25)33-12(2)3)11-30-13(4)6-23-8-22-14-15(19)20-7-21-16(14)23/h7-8,12-13H,5-6,9-11H2,1-4H3,(H2,19,20,21). The molecule has 0 aliphatic carbocycles. The molecule has 2 rings (SSSR count). The fourth-order valence-electron chi connectivity index (χ4n) is 2.39. The first-order chi connectivity index (χ1) is 16.1. The number of hydrogen-bond donors (Lipinski definition) is 1. The molecule has 0 amide bonds. The van der Waals surface area contributed by atoms with Crippen LogP contribution >= 0.6 is 7.60 Å². The molecule has 0 radical (unpaired) electrons. The molecule has 2 atom stereocenters. The second-order valence-corrected chi connectivity index (χ2v) is 8.92. The molecular weight excluding hydrogens is 477 g/mol. The predicted molar refractivity (Wildman–Crippen MR) is 115 cm³/mol. The molecule has 2 N–H and O–H groups in total. The van der Waals surface area contributed by atoms with Gasteiger partial charge in [0.25, 0.3) is 0 Å². The normalized spacial score (nSPS) is 13.9. The van der Waals surface area contributed by atoms with Gasteiger partial charge < -0.3 is 34.0 Å². The highest BCUT2D eigenvalue weighted by atomic mass is 31.2. The van der Waals surface area contributed by atoms with Gasteiger partial charge in [-0.25, -0.2) is 24.5 Å². The van der Waals surface area contributed by atoms with Gasteiger partial charge >= 0.3 is 19.9 Å². The third-order valence-corrected chi connectivity index (χ3v) is 5.31. The van der Waals surface area contributed by atoms with Gasteiger partial charge in [-0.05, 0) is 27.7 Å². The smallest absolute Gasteiger partial charge is 0.435 e. The van der Waals surface area contributed by atoms with Crippen LogP contribution in [-0.2, 0) is 43.8 Å². The Kier molecular flexibility index (Phi) is 10.4. The first kappa shape index (κ1) is 27.2. The zero-order valence-electron chi connectivity index (χ0n) is 19.2. The monoisotopic (exact) mass is 505 g/mol. The number of carbonyl (C=O) groups excluding carboxylic acids is 2. The minimum absolute atomic E-state index is 0.0823. The Morgan fingerprint density at radius 3 is 2.38 bits per heavy atom. The summed E-state index contributed by atoms with van der Waals surface area (Å²) < 4.78 is 49.2. The Balaban J connectivity index is 1.95. The molecule has 0 bridgehead atoms. The van der Waals surface area contributed by atoms with E-state index in [1.165, 1.54) is 12.7 Å². The Labute approximate surface area is 195 Å². The summed E-state index contributed by atoms with van der Waals surface area (Å²) in [5, 5.41) is 0. The van der Waals surface area contributed by atoms with Crippen LogP contribution in [0.3, 0.4) is 0 Å². The lowest BCUT2D eigenvalue weighted by Crippen LogP contribution is -2.20. The Morgan fingerprint density at radius 2 is 1.74 bits per heavy atom. The van der Waals surface area contributed by atoms with Crippen LogP contribution in [0, 0.1) is 0 Å². The number of anilines is 1. The second-order valence-electron chi connectivity index (χ2n) is 6.93.